The van der Waals surface area contributed by atoms with E-state index in [0.717, 1.165) is 0 Å². The number of carbonyl (C=O) groups is 1. The molecule has 1 aliphatic rings. The molecule has 1 heterocycles. The van der Waals surface area contributed by atoms with E-state index in [2.05, 4.69) is 10.5 Å². The number of amides is 1. The van der Waals surface area contributed by atoms with Gasteiger partial charge in [-0.1, -0.05) is 29.3 Å². The quantitative estimate of drug-likeness (QED) is 0.677. The molecule has 0 radical (unpaired) electrons. The zero-order chi connectivity index (χ0) is 14.8. The fourth-order valence-corrected chi connectivity index (χ4v) is 3.90. The summed E-state index contributed by atoms with van der Waals surface area (Å²) in [6.07, 6.45) is 1.76. The Morgan fingerprint density at radius 3 is 2.70 bits per heavy atom. The van der Waals surface area contributed by atoms with E-state index >= 15 is 0 Å². The van der Waals surface area contributed by atoms with E-state index < -0.39 is 15.8 Å². The zero-order valence-corrected chi connectivity index (χ0v) is 12.7. The lowest BCUT2D eigenvalue weighted by molar-refractivity contribution is -0.124. The molecular formula is C12H12Cl2N2O3S. The van der Waals surface area contributed by atoms with Gasteiger partial charge in [0.1, 0.15) is 0 Å². The first-order valence-corrected chi connectivity index (χ1v) is 8.43. The van der Waals surface area contributed by atoms with Gasteiger partial charge in [0.15, 0.2) is 9.84 Å². The topological polar surface area (TPSA) is 75.6 Å². The molecule has 2 rings (SSSR count). The minimum atomic E-state index is -3.07. The van der Waals surface area contributed by atoms with Crippen LogP contribution in [-0.4, -0.2) is 32.0 Å². The lowest BCUT2D eigenvalue weighted by atomic mass is 10.1. The number of hydrazone groups is 1. The molecule has 0 saturated carbocycles. The third kappa shape index (κ3) is 3.94. The van der Waals surface area contributed by atoms with E-state index in [1.54, 1.807) is 18.2 Å². The van der Waals surface area contributed by atoms with Crippen molar-refractivity contribution < 1.29 is 13.2 Å². The van der Waals surface area contributed by atoms with Crippen molar-refractivity contribution in [3.63, 3.8) is 0 Å². The van der Waals surface area contributed by atoms with Crippen molar-refractivity contribution in [1.82, 2.24) is 5.43 Å². The average molecular weight is 335 g/mol. The molecule has 1 amide bonds. The molecule has 1 aromatic rings. The van der Waals surface area contributed by atoms with Crippen LogP contribution in [0.1, 0.15) is 12.0 Å². The maximum Gasteiger partial charge on any atom is 0.244 e. The molecule has 20 heavy (non-hydrogen) atoms. The van der Waals surface area contributed by atoms with Crippen molar-refractivity contribution in [2.45, 2.75) is 6.42 Å². The molecule has 108 valence electrons. The van der Waals surface area contributed by atoms with Crippen LogP contribution in [0.2, 0.25) is 10.0 Å². The van der Waals surface area contributed by atoms with Crippen LogP contribution in [0.15, 0.2) is 23.3 Å². The van der Waals surface area contributed by atoms with Crippen LogP contribution < -0.4 is 5.43 Å². The molecule has 0 aliphatic carbocycles. The molecule has 1 fully saturated rings. The number of carbonyl (C=O) groups excluding carboxylic acids is 1. The summed E-state index contributed by atoms with van der Waals surface area (Å²) >= 11 is 11.6. The summed E-state index contributed by atoms with van der Waals surface area (Å²) in [5, 5.41) is 4.61. The van der Waals surface area contributed by atoms with Crippen molar-refractivity contribution in [2.75, 3.05) is 11.5 Å². The summed E-state index contributed by atoms with van der Waals surface area (Å²) in [4.78, 5) is 11.7. The first kappa shape index (κ1) is 15.3. The smallest absolute Gasteiger partial charge is 0.244 e. The highest BCUT2D eigenvalue weighted by Crippen LogP contribution is 2.22. The van der Waals surface area contributed by atoms with Crippen LogP contribution >= 0.6 is 23.2 Å². The number of benzene rings is 1. The maximum absolute atomic E-state index is 11.7. The first-order valence-electron chi connectivity index (χ1n) is 5.86. The Balaban J connectivity index is 1.93. The normalized spacial score (nSPS) is 21.2. The molecule has 1 saturated heterocycles. The van der Waals surface area contributed by atoms with Gasteiger partial charge in [0.05, 0.1) is 33.7 Å². The van der Waals surface area contributed by atoms with Crippen molar-refractivity contribution in [3.05, 3.63) is 33.8 Å². The average Bonchev–Trinajstić information content (AvgIpc) is 2.74. The molecule has 8 heteroatoms. The second-order valence-corrected chi connectivity index (χ2v) is 7.55. The number of nitrogens with one attached hydrogen (secondary N) is 1. The van der Waals surface area contributed by atoms with E-state index in [9.17, 15) is 13.2 Å². The van der Waals surface area contributed by atoms with E-state index in [-0.39, 0.29) is 17.4 Å². The van der Waals surface area contributed by atoms with Crippen LogP contribution in [0.4, 0.5) is 0 Å². The van der Waals surface area contributed by atoms with Crippen molar-refractivity contribution in [1.29, 1.82) is 0 Å². The number of halogens is 2. The Hall–Kier alpha value is -1.11. The summed E-state index contributed by atoms with van der Waals surface area (Å²) in [7, 11) is -3.07. The molecule has 1 aliphatic heterocycles. The van der Waals surface area contributed by atoms with Crippen molar-refractivity contribution in [2.24, 2.45) is 11.0 Å². The predicted molar refractivity (Wildman–Crippen MR) is 79.0 cm³/mol. The van der Waals surface area contributed by atoms with Crippen LogP contribution in [0, 0.1) is 5.92 Å². The number of nitrogens with zero attached hydrogens (tertiary/aromatic N) is 1. The molecule has 1 atom stereocenters. The van der Waals surface area contributed by atoms with Gasteiger partial charge in [-0.05, 0) is 24.1 Å². The second kappa shape index (κ2) is 6.11. The van der Waals surface area contributed by atoms with Gasteiger partial charge < -0.3 is 0 Å². The lowest BCUT2D eigenvalue weighted by Crippen LogP contribution is -2.27. The zero-order valence-electron chi connectivity index (χ0n) is 10.3. The largest absolute Gasteiger partial charge is 0.273 e. The van der Waals surface area contributed by atoms with Gasteiger partial charge in [0.2, 0.25) is 5.91 Å². The van der Waals surface area contributed by atoms with Gasteiger partial charge in [0, 0.05) is 0 Å². The fraction of sp³-hybridized carbons (Fsp3) is 0.333. The van der Waals surface area contributed by atoms with E-state index in [1.807, 2.05) is 0 Å². The van der Waals surface area contributed by atoms with Crippen molar-refractivity contribution >= 4 is 45.2 Å². The van der Waals surface area contributed by atoms with Gasteiger partial charge in [0.25, 0.3) is 0 Å². The fourth-order valence-electron chi connectivity index (χ4n) is 1.86. The molecule has 0 aromatic heterocycles. The second-order valence-electron chi connectivity index (χ2n) is 4.51. The molecule has 1 aromatic carbocycles. The Labute approximate surface area is 126 Å². The SMILES string of the molecule is O=C(N/N=C\c1ccc(Cl)c(Cl)c1)[C@H]1CCS(=O)(=O)C1. The minimum absolute atomic E-state index is 0.0571. The highest BCUT2D eigenvalue weighted by atomic mass is 35.5. The third-order valence-electron chi connectivity index (χ3n) is 2.94. The van der Waals surface area contributed by atoms with Crippen molar-refractivity contribution in [3.8, 4) is 0 Å². The van der Waals surface area contributed by atoms with E-state index in [1.165, 1.54) is 6.21 Å². The van der Waals surface area contributed by atoms with E-state index in [4.69, 9.17) is 23.2 Å². The third-order valence-corrected chi connectivity index (χ3v) is 5.44. The Morgan fingerprint density at radius 1 is 1.35 bits per heavy atom. The van der Waals surface area contributed by atoms with Gasteiger partial charge in [-0.3, -0.25) is 4.79 Å². The molecule has 0 bridgehead atoms. The summed E-state index contributed by atoms with van der Waals surface area (Å²) in [5.41, 5.74) is 3.01. The number of rotatable bonds is 3. The highest BCUT2D eigenvalue weighted by molar-refractivity contribution is 7.91. The molecule has 5 nitrogen and oxygen atoms in total. The summed E-state index contributed by atoms with van der Waals surface area (Å²) in [6, 6.07) is 4.93. The van der Waals surface area contributed by atoms with Gasteiger partial charge in [-0.15, -0.1) is 0 Å². The summed E-state index contributed by atoms with van der Waals surface area (Å²) in [5.74, 6) is -0.962. The first-order chi connectivity index (χ1) is 9.37. The standard InChI is InChI=1S/C12H12Cl2N2O3S/c13-10-2-1-8(5-11(10)14)6-15-16-12(17)9-3-4-20(18,19)7-9/h1-2,5-6,9H,3-4,7H2,(H,16,17)/b15-6-/t9-/m0/s1. The van der Waals surface area contributed by atoms with Crippen LogP contribution in [-0.2, 0) is 14.6 Å². The molecular weight excluding hydrogens is 323 g/mol. The monoisotopic (exact) mass is 334 g/mol. The lowest BCUT2D eigenvalue weighted by Gasteiger charge is -2.04. The number of sulfone groups is 1. The van der Waals surface area contributed by atoms with Gasteiger partial charge in [-0.2, -0.15) is 5.10 Å². The minimum Gasteiger partial charge on any atom is -0.273 e. The van der Waals surface area contributed by atoms with E-state index in [0.29, 0.717) is 22.0 Å². The Bertz CT molecular complexity index is 659. The van der Waals surface area contributed by atoms with Crippen LogP contribution in [0.3, 0.4) is 0 Å². The Morgan fingerprint density at radius 2 is 2.10 bits per heavy atom. The summed E-state index contributed by atoms with van der Waals surface area (Å²) < 4.78 is 22.5. The molecule has 1 N–H and O–H groups in total. The van der Waals surface area contributed by atoms with Crippen LogP contribution in [0.5, 0.6) is 0 Å². The van der Waals surface area contributed by atoms with Gasteiger partial charge >= 0.3 is 0 Å². The molecule has 0 spiro atoms. The number of hydrogen-bond donors (Lipinski definition) is 1. The molecule has 0 unspecified atom stereocenters. The maximum atomic E-state index is 11.7. The van der Waals surface area contributed by atoms with Crippen LogP contribution in [0.25, 0.3) is 0 Å². The van der Waals surface area contributed by atoms with Gasteiger partial charge in [-0.25, -0.2) is 13.8 Å². The number of hydrogen-bond acceptors (Lipinski definition) is 4. The highest BCUT2D eigenvalue weighted by Gasteiger charge is 2.32. The predicted octanol–water partition coefficient (Wildman–Crippen LogP) is 1.88. The summed E-state index contributed by atoms with van der Waals surface area (Å²) in [6.45, 7) is 0. The Kier molecular flexibility index (Phi) is 4.67.